The Labute approximate surface area is 227 Å². The number of oxazole rings is 1. The molecule has 0 spiro atoms. The first kappa shape index (κ1) is 27.2. The third kappa shape index (κ3) is 7.19. The van der Waals surface area contributed by atoms with Crippen LogP contribution in [-0.4, -0.2) is 46.7 Å². The van der Waals surface area contributed by atoms with Crippen molar-refractivity contribution in [3.05, 3.63) is 126 Å². The van der Waals surface area contributed by atoms with Crippen LogP contribution in [0.1, 0.15) is 40.5 Å². The smallest absolute Gasteiger partial charge is 0.225 e. The lowest BCUT2D eigenvalue weighted by atomic mass is 10.1. The van der Waals surface area contributed by atoms with Crippen LogP contribution in [0.4, 0.5) is 0 Å². The summed E-state index contributed by atoms with van der Waals surface area (Å²) in [4.78, 5) is 4.41. The van der Waals surface area contributed by atoms with Gasteiger partial charge in [0.25, 0.3) is 0 Å². The van der Waals surface area contributed by atoms with E-state index >= 15 is 0 Å². The van der Waals surface area contributed by atoms with Crippen molar-refractivity contribution in [1.82, 2.24) is 4.98 Å². The Bertz CT molecular complexity index is 1250. The van der Waals surface area contributed by atoms with Crippen LogP contribution in [0, 0.1) is 0 Å². The molecule has 5 rings (SSSR count). The van der Waals surface area contributed by atoms with Gasteiger partial charge in [-0.2, -0.15) is 0 Å². The molecule has 0 saturated carbocycles. The van der Waals surface area contributed by atoms with Crippen molar-refractivity contribution >= 4 is 0 Å². The molecule has 1 saturated heterocycles. The van der Waals surface area contributed by atoms with Gasteiger partial charge >= 0.3 is 0 Å². The molecule has 1 aromatic heterocycles. The first-order chi connectivity index (χ1) is 19.2. The zero-order valence-electron chi connectivity index (χ0n) is 21.5. The van der Waals surface area contributed by atoms with Gasteiger partial charge in [0.1, 0.15) is 36.4 Å². The van der Waals surface area contributed by atoms with E-state index in [0.717, 1.165) is 16.7 Å². The van der Waals surface area contributed by atoms with Gasteiger partial charge in [-0.3, -0.25) is 0 Å². The fourth-order valence-electron chi connectivity index (χ4n) is 4.55. The van der Waals surface area contributed by atoms with Crippen LogP contribution >= 0.6 is 0 Å². The van der Waals surface area contributed by atoms with Crippen molar-refractivity contribution in [1.29, 1.82) is 0 Å². The first-order valence-corrected chi connectivity index (χ1v) is 13.0. The van der Waals surface area contributed by atoms with Crippen molar-refractivity contribution in [2.24, 2.45) is 0 Å². The first-order valence-electron chi connectivity index (χ1n) is 13.0. The van der Waals surface area contributed by atoms with Gasteiger partial charge in [-0.15, -0.1) is 0 Å². The molecule has 2 N–H and O–H groups in total. The molecular weight excluding hydrogens is 498 g/mol. The van der Waals surface area contributed by atoms with Gasteiger partial charge in [-0.1, -0.05) is 91.0 Å². The van der Waals surface area contributed by atoms with Crippen LogP contribution in [0.3, 0.4) is 0 Å². The Morgan fingerprint density at radius 2 is 1.28 bits per heavy atom. The van der Waals surface area contributed by atoms with E-state index < -0.39 is 37.1 Å². The van der Waals surface area contributed by atoms with Gasteiger partial charge in [0.2, 0.25) is 5.89 Å². The number of nitrogens with zero attached hydrogens (tertiary/aromatic N) is 1. The Balaban J connectivity index is 1.38. The number of benzene rings is 3. The van der Waals surface area contributed by atoms with E-state index in [1.54, 1.807) is 0 Å². The van der Waals surface area contributed by atoms with Crippen LogP contribution in [0.25, 0.3) is 0 Å². The number of aromatic nitrogens is 1. The molecule has 204 valence electrons. The van der Waals surface area contributed by atoms with Crippen molar-refractivity contribution in [2.45, 2.75) is 50.3 Å². The number of hydrogen-bond acceptors (Lipinski definition) is 8. The zero-order valence-corrected chi connectivity index (χ0v) is 21.5. The van der Waals surface area contributed by atoms with E-state index in [4.69, 9.17) is 23.4 Å². The summed E-state index contributed by atoms with van der Waals surface area (Å²) in [5, 5.41) is 19.4. The van der Waals surface area contributed by atoms with Gasteiger partial charge in [-0.05, 0) is 16.7 Å². The van der Waals surface area contributed by atoms with Gasteiger partial charge in [0.05, 0.1) is 33.0 Å². The minimum absolute atomic E-state index is 0.0171. The van der Waals surface area contributed by atoms with Gasteiger partial charge in [0.15, 0.2) is 6.10 Å². The topological polar surface area (TPSA) is 103 Å². The van der Waals surface area contributed by atoms with Gasteiger partial charge in [0, 0.05) is 0 Å². The number of hydrogen-bond donors (Lipinski definition) is 2. The van der Waals surface area contributed by atoms with Crippen LogP contribution in [-0.2, 0) is 38.8 Å². The molecule has 8 nitrogen and oxygen atoms in total. The lowest BCUT2D eigenvalue weighted by Crippen LogP contribution is -2.37. The predicted molar refractivity (Wildman–Crippen MR) is 142 cm³/mol. The summed E-state index contributed by atoms with van der Waals surface area (Å²) in [5.41, 5.74) is 3.55. The highest BCUT2D eigenvalue weighted by Crippen LogP contribution is 2.38. The number of ether oxygens (including phenoxy) is 4. The minimum Gasteiger partial charge on any atom is -0.446 e. The van der Waals surface area contributed by atoms with E-state index in [1.807, 2.05) is 91.0 Å². The van der Waals surface area contributed by atoms with Crippen molar-refractivity contribution in [2.75, 3.05) is 13.2 Å². The van der Waals surface area contributed by atoms with Gasteiger partial charge in [-0.25, -0.2) is 4.98 Å². The average Bonchev–Trinajstić information content (AvgIpc) is 3.61. The second-order valence-electron chi connectivity index (χ2n) is 9.43. The van der Waals surface area contributed by atoms with Crippen LogP contribution in [0.5, 0.6) is 0 Å². The van der Waals surface area contributed by atoms with E-state index in [-0.39, 0.29) is 12.5 Å². The molecule has 1 unspecified atom stereocenters. The summed E-state index contributed by atoms with van der Waals surface area (Å²) in [6.07, 6.45) is -1.89. The molecule has 1 aliphatic heterocycles. The summed E-state index contributed by atoms with van der Waals surface area (Å²) in [6, 6.07) is 29.7. The van der Waals surface area contributed by atoms with Crippen LogP contribution in [0.2, 0.25) is 0 Å². The van der Waals surface area contributed by atoms with E-state index in [2.05, 4.69) is 4.98 Å². The normalized spacial score (nSPS) is 21.7. The number of rotatable bonds is 13. The maximum absolute atomic E-state index is 10.0. The Kier molecular flexibility index (Phi) is 9.50. The van der Waals surface area contributed by atoms with Gasteiger partial charge < -0.3 is 33.6 Å². The van der Waals surface area contributed by atoms with Crippen LogP contribution < -0.4 is 0 Å². The molecule has 5 atom stereocenters. The zero-order chi connectivity index (χ0) is 26.9. The quantitative estimate of drug-likeness (QED) is 0.260. The van der Waals surface area contributed by atoms with Crippen LogP contribution in [0.15, 0.2) is 102 Å². The maximum Gasteiger partial charge on any atom is 0.225 e. The molecule has 0 radical (unpaired) electrons. The largest absolute Gasteiger partial charge is 0.446 e. The summed E-state index contributed by atoms with van der Waals surface area (Å²) in [7, 11) is 0. The van der Waals surface area contributed by atoms with Crippen molar-refractivity contribution < 1.29 is 33.6 Å². The predicted octanol–water partition coefficient (Wildman–Crippen LogP) is 4.53. The molecule has 0 aliphatic carbocycles. The standard InChI is InChI=1S/C31H33NO7/c33-16-26(34)31-32-25(20-38-31)28-30(37-19-24-14-8-3-9-15-24)29(36-18-23-12-6-2-7-13-23)27(39-28)21-35-17-22-10-4-1-5-11-22/h1-15,20,26-30,33-34H,16-19,21H2/t26?,27-,28+,29-,30+/m1/s1. The van der Waals surface area contributed by atoms with Crippen molar-refractivity contribution in [3.8, 4) is 0 Å². The molecule has 1 fully saturated rings. The Hall–Kier alpha value is -3.37. The Morgan fingerprint density at radius 3 is 1.85 bits per heavy atom. The average molecular weight is 532 g/mol. The highest BCUT2D eigenvalue weighted by atomic mass is 16.6. The fourth-order valence-corrected chi connectivity index (χ4v) is 4.55. The summed E-state index contributed by atoms with van der Waals surface area (Å²) < 4.78 is 30.9. The fraction of sp³-hybridized carbons (Fsp3) is 0.323. The third-order valence-electron chi connectivity index (χ3n) is 6.56. The van der Waals surface area contributed by atoms with E-state index in [0.29, 0.717) is 25.5 Å². The van der Waals surface area contributed by atoms with E-state index in [1.165, 1.54) is 6.26 Å². The summed E-state index contributed by atoms with van der Waals surface area (Å²) >= 11 is 0. The molecule has 8 heteroatoms. The SMILES string of the molecule is OCC(O)c1nc([C@@H]2O[C@H](COCc3ccccc3)[C@@H](OCc3ccccc3)[C@H]2OCc2ccccc2)co1. The maximum atomic E-state index is 10.0. The molecular formula is C31H33NO7. The second kappa shape index (κ2) is 13.6. The van der Waals surface area contributed by atoms with E-state index in [9.17, 15) is 10.2 Å². The number of aliphatic hydroxyl groups excluding tert-OH is 2. The Morgan fingerprint density at radius 1 is 0.744 bits per heavy atom. The summed E-state index contributed by atoms with van der Waals surface area (Å²) in [6.45, 7) is 0.925. The summed E-state index contributed by atoms with van der Waals surface area (Å²) in [5.74, 6) is 0.0171. The molecule has 1 aliphatic rings. The molecule has 39 heavy (non-hydrogen) atoms. The highest BCUT2D eigenvalue weighted by Gasteiger charge is 2.48. The lowest BCUT2D eigenvalue weighted by molar-refractivity contribution is -0.0898. The molecule has 4 aromatic rings. The number of aliphatic hydroxyl groups is 2. The molecule has 3 aromatic carbocycles. The second-order valence-corrected chi connectivity index (χ2v) is 9.43. The highest BCUT2D eigenvalue weighted by molar-refractivity contribution is 5.16. The molecule has 0 amide bonds. The third-order valence-corrected chi connectivity index (χ3v) is 6.56. The monoisotopic (exact) mass is 531 g/mol. The lowest BCUT2D eigenvalue weighted by Gasteiger charge is -2.25. The van der Waals surface area contributed by atoms with Crippen molar-refractivity contribution in [3.63, 3.8) is 0 Å². The minimum atomic E-state index is -1.22. The molecule has 0 bridgehead atoms. The molecule has 2 heterocycles.